The highest BCUT2D eigenvalue weighted by Gasteiger charge is 2.21. The van der Waals surface area contributed by atoms with Crippen LogP contribution in [-0.2, 0) is 6.54 Å². The molecule has 2 heteroatoms. The van der Waals surface area contributed by atoms with Gasteiger partial charge in [0.05, 0.1) is 5.92 Å². The van der Waals surface area contributed by atoms with Crippen LogP contribution in [0.3, 0.4) is 0 Å². The highest BCUT2D eigenvalue weighted by molar-refractivity contribution is 5.13. The number of hydrogen-bond acceptors (Lipinski definition) is 0. The molecule has 1 heterocycles. The first-order chi connectivity index (χ1) is 13.8. The van der Waals surface area contributed by atoms with E-state index < -0.39 is 0 Å². The van der Waals surface area contributed by atoms with Crippen molar-refractivity contribution in [3.8, 4) is 0 Å². The lowest BCUT2D eigenvalue weighted by atomic mass is 9.96. The summed E-state index contributed by atoms with van der Waals surface area (Å²) in [7, 11) is 0. The van der Waals surface area contributed by atoms with Gasteiger partial charge in [0.1, 0.15) is 18.9 Å². The highest BCUT2D eigenvalue weighted by atomic mass is 15.1. The molecule has 2 rings (SSSR count). The number of imidazole rings is 1. The molecule has 1 N–H and O–H groups in total. The minimum absolute atomic E-state index is 0.650. The van der Waals surface area contributed by atoms with Crippen LogP contribution < -0.4 is 4.57 Å². The number of unbranched alkanes of at least 4 members (excludes halogenated alkanes) is 10. The third-order valence-electron chi connectivity index (χ3n) is 6.03. The Bertz CT molecular complexity index is 602. The van der Waals surface area contributed by atoms with Crippen LogP contribution in [0.5, 0.6) is 0 Å². The Morgan fingerprint density at radius 1 is 0.786 bits per heavy atom. The van der Waals surface area contributed by atoms with E-state index in [2.05, 4.69) is 66.1 Å². The maximum atomic E-state index is 3.53. The number of aromatic nitrogens is 2. The van der Waals surface area contributed by atoms with Crippen molar-refractivity contribution in [2.24, 2.45) is 0 Å². The molecule has 0 bridgehead atoms. The number of nitrogens with one attached hydrogen (secondary N) is 1. The number of rotatable bonds is 16. The van der Waals surface area contributed by atoms with Gasteiger partial charge in [-0.2, -0.15) is 0 Å². The van der Waals surface area contributed by atoms with E-state index in [4.69, 9.17) is 0 Å². The second-order valence-corrected chi connectivity index (χ2v) is 8.39. The number of nitrogens with zero attached hydrogens (tertiary/aromatic N) is 1. The van der Waals surface area contributed by atoms with Crippen LogP contribution in [-0.4, -0.2) is 4.98 Å². The quantitative estimate of drug-likeness (QED) is 0.228. The van der Waals surface area contributed by atoms with Crippen molar-refractivity contribution in [1.29, 1.82) is 0 Å². The van der Waals surface area contributed by atoms with Crippen LogP contribution in [0, 0.1) is 0 Å². The van der Waals surface area contributed by atoms with E-state index in [0.29, 0.717) is 5.92 Å². The van der Waals surface area contributed by atoms with Crippen molar-refractivity contribution in [2.45, 2.75) is 110 Å². The van der Waals surface area contributed by atoms with Crippen LogP contribution in [0.4, 0.5) is 0 Å². The second-order valence-electron chi connectivity index (χ2n) is 8.39. The Kier molecular flexibility index (Phi) is 11.7. The van der Waals surface area contributed by atoms with Crippen LogP contribution >= 0.6 is 0 Å². The monoisotopic (exact) mass is 383 g/mol. The van der Waals surface area contributed by atoms with Crippen LogP contribution in [0.1, 0.15) is 115 Å². The summed E-state index contributed by atoms with van der Waals surface area (Å²) in [4.78, 5) is 3.53. The van der Waals surface area contributed by atoms with E-state index in [9.17, 15) is 0 Å². The van der Waals surface area contributed by atoms with Gasteiger partial charge in [-0.3, -0.25) is 0 Å². The van der Waals surface area contributed by atoms with Crippen molar-refractivity contribution in [2.75, 3.05) is 0 Å². The summed E-state index contributed by atoms with van der Waals surface area (Å²) in [6, 6.07) is 10.8. The van der Waals surface area contributed by atoms with E-state index in [1.165, 1.54) is 94.9 Å². The predicted octanol–water partition coefficient (Wildman–Crippen LogP) is 7.55. The van der Waals surface area contributed by atoms with E-state index in [1.54, 1.807) is 0 Å². The molecule has 0 amide bonds. The maximum absolute atomic E-state index is 3.53. The van der Waals surface area contributed by atoms with Gasteiger partial charge in [-0.05, 0) is 18.4 Å². The zero-order valence-electron chi connectivity index (χ0n) is 18.5. The van der Waals surface area contributed by atoms with Gasteiger partial charge in [0.25, 0.3) is 5.82 Å². The topological polar surface area (TPSA) is 19.7 Å². The fraction of sp³-hybridized carbons (Fsp3) is 0.654. The normalized spacial score (nSPS) is 12.4. The van der Waals surface area contributed by atoms with Gasteiger partial charge in [-0.25, -0.2) is 9.55 Å². The van der Waals surface area contributed by atoms with Crippen molar-refractivity contribution in [3.05, 3.63) is 54.1 Å². The molecule has 0 unspecified atom stereocenters. The molecule has 0 aliphatic carbocycles. The van der Waals surface area contributed by atoms with Gasteiger partial charge in [0, 0.05) is 0 Å². The van der Waals surface area contributed by atoms with Crippen LogP contribution in [0.15, 0.2) is 42.7 Å². The van der Waals surface area contributed by atoms with Gasteiger partial charge >= 0.3 is 0 Å². The predicted molar refractivity (Wildman–Crippen MR) is 121 cm³/mol. The van der Waals surface area contributed by atoms with E-state index in [-0.39, 0.29) is 0 Å². The molecule has 28 heavy (non-hydrogen) atoms. The standard InChI is InChI=1S/C26H42N2/c1-3-5-6-7-8-9-10-11-12-13-17-20-25(4-2)26-27-21-22-28(26)23-24-18-15-14-16-19-24/h14-16,18-19,21-22,25H,3-13,17,20,23H2,1-2H3/p+1/t25-/m0/s1. The van der Waals surface area contributed by atoms with Crippen LogP contribution in [0.2, 0.25) is 0 Å². The summed E-state index contributed by atoms with van der Waals surface area (Å²) in [5.41, 5.74) is 1.37. The van der Waals surface area contributed by atoms with E-state index in [1.807, 2.05) is 0 Å². The lowest BCUT2D eigenvalue weighted by Gasteiger charge is -2.12. The van der Waals surface area contributed by atoms with Crippen molar-refractivity contribution >= 4 is 0 Å². The lowest BCUT2D eigenvalue weighted by Crippen LogP contribution is -2.38. The molecule has 0 fully saturated rings. The minimum atomic E-state index is 0.650. The summed E-state index contributed by atoms with van der Waals surface area (Å²) in [6.07, 6.45) is 22.4. The Labute approximate surface area is 173 Å². The molecule has 0 saturated heterocycles. The number of aromatic amines is 1. The molecular weight excluding hydrogens is 340 g/mol. The molecular formula is C26H43N2+. The zero-order valence-corrected chi connectivity index (χ0v) is 18.5. The molecule has 2 nitrogen and oxygen atoms in total. The first-order valence-corrected chi connectivity index (χ1v) is 12.0. The summed E-state index contributed by atoms with van der Waals surface area (Å²) >= 11 is 0. The Morgan fingerprint density at radius 2 is 1.39 bits per heavy atom. The number of hydrogen-bond donors (Lipinski definition) is 1. The Hall–Kier alpha value is -1.57. The molecule has 0 aliphatic rings. The van der Waals surface area contributed by atoms with Gasteiger partial charge in [-0.15, -0.1) is 0 Å². The van der Waals surface area contributed by atoms with Crippen molar-refractivity contribution in [3.63, 3.8) is 0 Å². The molecule has 1 aromatic carbocycles. The van der Waals surface area contributed by atoms with Gasteiger partial charge < -0.3 is 0 Å². The average molecular weight is 384 g/mol. The molecule has 0 aliphatic heterocycles. The van der Waals surface area contributed by atoms with Crippen molar-refractivity contribution in [1.82, 2.24) is 4.98 Å². The molecule has 156 valence electrons. The van der Waals surface area contributed by atoms with Gasteiger partial charge in [0.2, 0.25) is 0 Å². The van der Waals surface area contributed by atoms with Crippen LogP contribution in [0.25, 0.3) is 0 Å². The smallest absolute Gasteiger partial charge is 0.247 e. The molecule has 0 radical (unpaired) electrons. The third-order valence-corrected chi connectivity index (χ3v) is 6.03. The third kappa shape index (κ3) is 8.63. The molecule has 0 saturated carbocycles. The molecule has 1 atom stereocenters. The average Bonchev–Trinajstić information content (AvgIpc) is 3.17. The summed E-state index contributed by atoms with van der Waals surface area (Å²) in [5, 5.41) is 0. The minimum Gasteiger partial charge on any atom is -0.247 e. The number of H-pyrrole nitrogens is 1. The summed E-state index contributed by atoms with van der Waals surface area (Å²) in [5.74, 6) is 2.05. The summed E-state index contributed by atoms with van der Waals surface area (Å²) < 4.78 is 2.40. The largest absolute Gasteiger partial charge is 0.257 e. The van der Waals surface area contributed by atoms with Crippen molar-refractivity contribution < 1.29 is 4.57 Å². The molecule has 2 aromatic rings. The highest BCUT2D eigenvalue weighted by Crippen LogP contribution is 2.23. The van der Waals surface area contributed by atoms with Gasteiger partial charge in [0.15, 0.2) is 0 Å². The SMILES string of the molecule is CCCCCCCCCCCCC[C@H](CC)c1[nH]cc[n+]1Cc1ccccc1. The molecule has 1 aromatic heterocycles. The number of benzene rings is 1. The first-order valence-electron chi connectivity index (χ1n) is 12.0. The fourth-order valence-electron chi connectivity index (χ4n) is 4.24. The van der Waals surface area contributed by atoms with Gasteiger partial charge in [-0.1, -0.05) is 115 Å². The Balaban J connectivity index is 1.62. The maximum Gasteiger partial charge on any atom is 0.257 e. The fourth-order valence-corrected chi connectivity index (χ4v) is 4.24. The summed E-state index contributed by atoms with van der Waals surface area (Å²) in [6.45, 7) is 5.59. The zero-order chi connectivity index (χ0) is 19.9. The van der Waals surface area contributed by atoms with E-state index >= 15 is 0 Å². The van der Waals surface area contributed by atoms with E-state index in [0.717, 1.165) is 6.54 Å². The first kappa shape index (κ1) is 22.7. The lowest BCUT2D eigenvalue weighted by molar-refractivity contribution is -0.695. The second kappa shape index (κ2) is 14.4. The Morgan fingerprint density at radius 3 is 2.00 bits per heavy atom. The molecule has 0 spiro atoms.